The van der Waals surface area contributed by atoms with Crippen LogP contribution in [0.25, 0.3) is 0 Å². The second-order valence-electron chi connectivity index (χ2n) is 3.61. The van der Waals surface area contributed by atoms with Gasteiger partial charge in [0.1, 0.15) is 0 Å². The first-order chi connectivity index (χ1) is 7.61. The monoisotopic (exact) mass is 359 g/mol. The summed E-state index contributed by atoms with van der Waals surface area (Å²) in [5.41, 5.74) is 9.79. The molecule has 0 radical (unpaired) electrons. The lowest BCUT2D eigenvalue weighted by Crippen LogP contribution is -2.13. The third-order valence-corrected chi connectivity index (χ3v) is 5.23. The zero-order chi connectivity index (χ0) is 11.7. The number of hydrogen-bond donors (Lipinski definition) is 1. The van der Waals surface area contributed by atoms with E-state index in [-0.39, 0.29) is 6.04 Å². The maximum absolute atomic E-state index is 6.29. The van der Waals surface area contributed by atoms with Crippen LogP contribution in [0.2, 0.25) is 0 Å². The summed E-state index contributed by atoms with van der Waals surface area (Å²) in [7, 11) is 0. The fourth-order valence-electron chi connectivity index (χ4n) is 1.64. The van der Waals surface area contributed by atoms with Crippen molar-refractivity contribution in [2.45, 2.75) is 13.0 Å². The zero-order valence-electron chi connectivity index (χ0n) is 8.71. The van der Waals surface area contributed by atoms with Gasteiger partial charge in [-0.2, -0.15) is 11.3 Å². The van der Waals surface area contributed by atoms with Crippen molar-refractivity contribution in [3.05, 3.63) is 54.6 Å². The Kier molecular flexibility index (Phi) is 3.85. The number of thiophene rings is 1. The number of rotatable bonds is 2. The van der Waals surface area contributed by atoms with Crippen molar-refractivity contribution in [2.75, 3.05) is 0 Å². The van der Waals surface area contributed by atoms with Crippen molar-refractivity contribution in [1.82, 2.24) is 0 Å². The zero-order valence-corrected chi connectivity index (χ0v) is 12.7. The molecule has 1 aromatic carbocycles. The van der Waals surface area contributed by atoms with Crippen LogP contribution in [0.4, 0.5) is 0 Å². The largest absolute Gasteiger partial charge is 0.320 e. The van der Waals surface area contributed by atoms with E-state index in [2.05, 4.69) is 55.6 Å². The molecule has 0 aliphatic carbocycles. The van der Waals surface area contributed by atoms with Crippen molar-refractivity contribution in [2.24, 2.45) is 5.73 Å². The topological polar surface area (TPSA) is 26.0 Å². The number of halogens is 2. The fourth-order valence-corrected chi connectivity index (χ4v) is 3.60. The summed E-state index contributed by atoms with van der Waals surface area (Å²) in [6.45, 7) is 2.08. The second kappa shape index (κ2) is 5.00. The summed E-state index contributed by atoms with van der Waals surface area (Å²) < 4.78 is 2.19. The van der Waals surface area contributed by atoms with Gasteiger partial charge in [0, 0.05) is 14.3 Å². The molecular formula is C12H11Br2NS. The maximum atomic E-state index is 6.29. The molecule has 1 atom stereocenters. The highest BCUT2D eigenvalue weighted by Crippen LogP contribution is 2.33. The summed E-state index contributed by atoms with van der Waals surface area (Å²) in [6, 6.07) is 6.06. The molecule has 2 rings (SSSR count). The normalized spacial score (nSPS) is 12.8. The summed E-state index contributed by atoms with van der Waals surface area (Å²) in [5, 5.41) is 4.15. The molecule has 1 aromatic heterocycles. The van der Waals surface area contributed by atoms with Crippen LogP contribution < -0.4 is 5.73 Å². The molecule has 16 heavy (non-hydrogen) atoms. The van der Waals surface area contributed by atoms with E-state index in [1.54, 1.807) is 11.3 Å². The Morgan fingerprint density at radius 2 is 1.88 bits per heavy atom. The predicted octanol–water partition coefficient (Wildman–Crippen LogP) is 4.63. The standard InChI is InChI=1S/C12H11Br2NS/c1-7-8(3-2-4-10(7)13)12(15)9-5-16-6-11(9)14/h2-6,12H,15H2,1H3. The smallest absolute Gasteiger partial charge is 0.0574 e. The molecule has 0 spiro atoms. The van der Waals surface area contributed by atoms with E-state index < -0.39 is 0 Å². The highest BCUT2D eigenvalue weighted by molar-refractivity contribution is 9.10. The van der Waals surface area contributed by atoms with Crippen molar-refractivity contribution >= 4 is 43.2 Å². The third kappa shape index (κ3) is 2.25. The minimum absolute atomic E-state index is 0.0712. The highest BCUT2D eigenvalue weighted by atomic mass is 79.9. The molecule has 0 saturated carbocycles. The molecule has 84 valence electrons. The lowest BCUT2D eigenvalue weighted by Gasteiger charge is -2.15. The Morgan fingerprint density at radius 3 is 2.50 bits per heavy atom. The van der Waals surface area contributed by atoms with Crippen molar-refractivity contribution in [3.8, 4) is 0 Å². The van der Waals surface area contributed by atoms with Gasteiger partial charge < -0.3 is 5.73 Å². The molecule has 1 nitrogen and oxygen atoms in total. The summed E-state index contributed by atoms with van der Waals surface area (Å²) in [5.74, 6) is 0. The number of benzene rings is 1. The molecule has 0 saturated heterocycles. The molecule has 1 unspecified atom stereocenters. The van der Waals surface area contributed by atoms with E-state index >= 15 is 0 Å². The Bertz CT molecular complexity index is 507. The van der Waals surface area contributed by atoms with E-state index in [0.717, 1.165) is 20.1 Å². The molecule has 2 N–H and O–H groups in total. The van der Waals surface area contributed by atoms with Gasteiger partial charge in [0.05, 0.1) is 6.04 Å². The molecule has 4 heteroatoms. The van der Waals surface area contributed by atoms with Gasteiger partial charge in [-0.15, -0.1) is 0 Å². The first-order valence-corrected chi connectivity index (χ1v) is 7.36. The maximum Gasteiger partial charge on any atom is 0.0574 e. The number of nitrogens with two attached hydrogens (primary N) is 1. The third-order valence-electron chi connectivity index (χ3n) is 2.62. The van der Waals surface area contributed by atoms with E-state index in [9.17, 15) is 0 Å². The van der Waals surface area contributed by atoms with Crippen LogP contribution in [0.15, 0.2) is 37.9 Å². The van der Waals surface area contributed by atoms with Crippen LogP contribution in [0.5, 0.6) is 0 Å². The van der Waals surface area contributed by atoms with E-state index in [4.69, 9.17) is 5.73 Å². The molecule has 0 fully saturated rings. The van der Waals surface area contributed by atoms with Gasteiger partial charge in [-0.3, -0.25) is 0 Å². The average molecular weight is 361 g/mol. The Morgan fingerprint density at radius 1 is 1.12 bits per heavy atom. The van der Waals surface area contributed by atoms with Gasteiger partial charge in [-0.05, 0) is 51.0 Å². The molecule has 1 heterocycles. The van der Waals surface area contributed by atoms with Gasteiger partial charge in [0.15, 0.2) is 0 Å². The molecule has 2 aromatic rings. The quantitative estimate of drug-likeness (QED) is 0.830. The first kappa shape index (κ1) is 12.3. The molecule has 0 aliphatic heterocycles. The van der Waals surface area contributed by atoms with E-state index in [1.165, 1.54) is 5.56 Å². The molecule has 0 amide bonds. The van der Waals surface area contributed by atoms with Crippen LogP contribution in [0, 0.1) is 6.92 Å². The van der Waals surface area contributed by atoms with Gasteiger partial charge in [0.25, 0.3) is 0 Å². The van der Waals surface area contributed by atoms with Crippen molar-refractivity contribution in [1.29, 1.82) is 0 Å². The van der Waals surface area contributed by atoms with Gasteiger partial charge in [0.2, 0.25) is 0 Å². The fraction of sp³-hybridized carbons (Fsp3) is 0.167. The molecule has 0 bridgehead atoms. The lowest BCUT2D eigenvalue weighted by atomic mass is 9.98. The van der Waals surface area contributed by atoms with Crippen LogP contribution in [-0.4, -0.2) is 0 Å². The second-order valence-corrected chi connectivity index (χ2v) is 6.06. The summed E-state index contributed by atoms with van der Waals surface area (Å²) in [6.07, 6.45) is 0. The molecular weight excluding hydrogens is 350 g/mol. The SMILES string of the molecule is Cc1c(Br)cccc1C(N)c1cscc1Br. The van der Waals surface area contributed by atoms with Crippen LogP contribution in [-0.2, 0) is 0 Å². The highest BCUT2D eigenvalue weighted by Gasteiger charge is 2.15. The van der Waals surface area contributed by atoms with Crippen LogP contribution >= 0.6 is 43.2 Å². The lowest BCUT2D eigenvalue weighted by molar-refractivity contribution is 0.860. The Labute approximate surface area is 116 Å². The van der Waals surface area contributed by atoms with Crippen LogP contribution in [0.1, 0.15) is 22.7 Å². The minimum Gasteiger partial charge on any atom is -0.320 e. The van der Waals surface area contributed by atoms with E-state index in [1.807, 2.05) is 12.1 Å². The predicted molar refractivity (Wildman–Crippen MR) is 76.9 cm³/mol. The van der Waals surface area contributed by atoms with Gasteiger partial charge in [-0.25, -0.2) is 0 Å². The Hall–Kier alpha value is -0.160. The van der Waals surface area contributed by atoms with Crippen molar-refractivity contribution < 1.29 is 0 Å². The average Bonchev–Trinajstić information content (AvgIpc) is 2.68. The first-order valence-electron chi connectivity index (χ1n) is 4.83. The van der Waals surface area contributed by atoms with Gasteiger partial charge >= 0.3 is 0 Å². The van der Waals surface area contributed by atoms with E-state index in [0.29, 0.717) is 0 Å². The summed E-state index contributed by atoms with van der Waals surface area (Å²) in [4.78, 5) is 0. The molecule has 0 aliphatic rings. The summed E-state index contributed by atoms with van der Waals surface area (Å²) >= 11 is 8.72. The number of hydrogen-bond acceptors (Lipinski definition) is 2. The van der Waals surface area contributed by atoms with Crippen molar-refractivity contribution in [3.63, 3.8) is 0 Å². The van der Waals surface area contributed by atoms with Crippen LogP contribution in [0.3, 0.4) is 0 Å². The minimum atomic E-state index is -0.0712. The Balaban J connectivity index is 2.46. The van der Waals surface area contributed by atoms with Gasteiger partial charge in [-0.1, -0.05) is 28.1 Å².